The molecule has 4 heteroatoms. The van der Waals surface area contributed by atoms with Gasteiger partial charge in [0.25, 0.3) is 0 Å². The predicted octanol–water partition coefficient (Wildman–Crippen LogP) is 12.4. The number of hydrogen-bond donors (Lipinski definition) is 1. The molecule has 0 radical (unpaired) electrons. The zero-order valence-corrected chi connectivity index (χ0v) is 29.9. The first kappa shape index (κ1) is 31.2. The zero-order chi connectivity index (χ0) is 36.3. The van der Waals surface area contributed by atoms with E-state index in [0.717, 1.165) is 44.6 Å². The number of hydrogen-bond acceptors (Lipinski definition) is 3. The molecule has 0 saturated carbocycles. The number of aromatic nitrogens is 1. The van der Waals surface area contributed by atoms with Gasteiger partial charge < -0.3 is 9.88 Å². The SMILES string of the molecule is c1ccc(C2=NC(c3cc4ccccc4cc3-n3c4ccccc4c4c5ccccc5ccc43)NC(c3ccc(-c4cccc5ccccc45)cc3)=N2)cc1. The fourth-order valence-electron chi connectivity index (χ4n) is 8.41. The number of nitrogens with one attached hydrogen (secondary N) is 1. The van der Waals surface area contributed by atoms with Crippen LogP contribution in [0.15, 0.2) is 204 Å². The van der Waals surface area contributed by atoms with Crippen LogP contribution in [-0.4, -0.2) is 16.2 Å². The second-order valence-corrected chi connectivity index (χ2v) is 14.2. The molecule has 1 aliphatic rings. The molecule has 4 nitrogen and oxygen atoms in total. The molecule has 0 spiro atoms. The van der Waals surface area contributed by atoms with E-state index in [-0.39, 0.29) is 0 Å². The lowest BCUT2D eigenvalue weighted by molar-refractivity contribution is 0.671. The molecule has 0 saturated heterocycles. The molecule has 0 fully saturated rings. The third-order valence-corrected chi connectivity index (χ3v) is 11.0. The topological polar surface area (TPSA) is 41.7 Å². The van der Waals surface area contributed by atoms with Gasteiger partial charge in [-0.05, 0) is 67.7 Å². The minimum Gasteiger partial charge on any atom is -0.344 e. The van der Waals surface area contributed by atoms with E-state index in [1.54, 1.807) is 0 Å². The van der Waals surface area contributed by atoms with E-state index in [1.165, 1.54) is 48.8 Å². The van der Waals surface area contributed by atoms with Crippen molar-refractivity contribution in [3.8, 4) is 16.8 Å². The van der Waals surface area contributed by atoms with Crippen LogP contribution in [0, 0.1) is 0 Å². The van der Waals surface area contributed by atoms with Crippen molar-refractivity contribution in [1.82, 2.24) is 9.88 Å². The summed E-state index contributed by atoms with van der Waals surface area (Å²) in [4.78, 5) is 10.6. The highest BCUT2D eigenvalue weighted by molar-refractivity contribution is 6.21. The van der Waals surface area contributed by atoms with Crippen LogP contribution in [0.2, 0.25) is 0 Å². The van der Waals surface area contributed by atoms with E-state index in [2.05, 4.69) is 186 Å². The van der Waals surface area contributed by atoms with Gasteiger partial charge in [-0.1, -0.05) is 170 Å². The summed E-state index contributed by atoms with van der Waals surface area (Å²) in [5.41, 5.74) is 8.84. The summed E-state index contributed by atoms with van der Waals surface area (Å²) in [6, 6.07) is 69.3. The molecule has 0 bridgehead atoms. The highest BCUT2D eigenvalue weighted by Crippen LogP contribution is 2.40. The third-order valence-electron chi connectivity index (χ3n) is 11.0. The molecular weight excluding hydrogens is 669 g/mol. The Morgan fingerprint density at radius 2 is 1.05 bits per heavy atom. The highest BCUT2D eigenvalue weighted by atomic mass is 15.2. The van der Waals surface area contributed by atoms with Crippen LogP contribution in [0.1, 0.15) is 22.9 Å². The van der Waals surface area contributed by atoms with Gasteiger partial charge in [-0.15, -0.1) is 0 Å². The Hall–Kier alpha value is -7.30. The summed E-state index contributed by atoms with van der Waals surface area (Å²) in [5.74, 6) is 1.49. The van der Waals surface area contributed by atoms with E-state index in [1.807, 2.05) is 18.2 Å². The Balaban J connectivity index is 1.10. The molecule has 1 aliphatic heterocycles. The minimum atomic E-state index is -0.420. The van der Waals surface area contributed by atoms with Crippen molar-refractivity contribution in [3.05, 3.63) is 211 Å². The van der Waals surface area contributed by atoms with E-state index in [4.69, 9.17) is 9.98 Å². The number of rotatable bonds is 5. The van der Waals surface area contributed by atoms with E-state index in [0.29, 0.717) is 5.84 Å². The maximum Gasteiger partial charge on any atom is 0.159 e. The average Bonchev–Trinajstić information content (AvgIpc) is 3.61. The van der Waals surface area contributed by atoms with Crippen LogP contribution in [0.4, 0.5) is 0 Å². The maximum atomic E-state index is 5.39. The molecular formula is C51H34N4. The lowest BCUT2D eigenvalue weighted by Crippen LogP contribution is -2.34. The number of amidine groups is 2. The summed E-state index contributed by atoms with van der Waals surface area (Å²) in [5, 5.41) is 13.6. The van der Waals surface area contributed by atoms with Gasteiger partial charge in [0.05, 0.1) is 16.7 Å². The Labute approximate surface area is 318 Å². The lowest BCUT2D eigenvalue weighted by Gasteiger charge is -2.26. The number of para-hydroxylation sites is 1. The van der Waals surface area contributed by atoms with E-state index >= 15 is 0 Å². The molecule has 1 atom stereocenters. The van der Waals surface area contributed by atoms with Gasteiger partial charge in [0.1, 0.15) is 12.0 Å². The van der Waals surface area contributed by atoms with E-state index < -0.39 is 6.17 Å². The second kappa shape index (κ2) is 12.7. The average molecular weight is 703 g/mol. The number of aliphatic imine (C=N–C) groups is 2. The van der Waals surface area contributed by atoms with Crippen LogP contribution in [0.5, 0.6) is 0 Å². The molecule has 1 unspecified atom stereocenters. The number of nitrogens with zero attached hydrogens (tertiary/aromatic N) is 3. The van der Waals surface area contributed by atoms with Gasteiger partial charge >= 0.3 is 0 Å². The summed E-state index contributed by atoms with van der Waals surface area (Å²) >= 11 is 0. The van der Waals surface area contributed by atoms with Crippen molar-refractivity contribution in [3.63, 3.8) is 0 Å². The first-order chi connectivity index (χ1) is 27.3. The van der Waals surface area contributed by atoms with Crippen molar-refractivity contribution in [2.75, 3.05) is 0 Å². The van der Waals surface area contributed by atoms with Gasteiger partial charge in [0.2, 0.25) is 0 Å². The summed E-state index contributed by atoms with van der Waals surface area (Å²) in [7, 11) is 0. The van der Waals surface area contributed by atoms with Crippen molar-refractivity contribution in [2.24, 2.45) is 9.98 Å². The van der Waals surface area contributed by atoms with Crippen molar-refractivity contribution in [1.29, 1.82) is 0 Å². The normalized spacial score (nSPS) is 14.4. The molecule has 9 aromatic carbocycles. The summed E-state index contributed by atoms with van der Waals surface area (Å²) in [6.45, 7) is 0. The maximum absolute atomic E-state index is 5.39. The quantitative estimate of drug-likeness (QED) is 0.191. The molecule has 1 N–H and O–H groups in total. The molecule has 11 rings (SSSR count). The van der Waals surface area contributed by atoms with Crippen LogP contribution < -0.4 is 5.32 Å². The Kier molecular flexibility index (Phi) is 7.20. The van der Waals surface area contributed by atoms with E-state index in [9.17, 15) is 0 Å². The van der Waals surface area contributed by atoms with Crippen LogP contribution in [0.3, 0.4) is 0 Å². The standard InChI is InChI=1S/C51H34N4/c1-2-15-36(16-3-1)49-52-50(37-27-25-35(26-28-37)41-23-12-19-33-13-6-8-20-40(33)41)54-51(53-49)44-31-38-17-4-5-18-39(38)32-47(44)55-45-24-11-10-22-43(45)48-42-21-9-7-14-34(42)29-30-46(48)55/h1-32,51H,(H,52,53,54). The predicted molar refractivity (Wildman–Crippen MR) is 231 cm³/mol. The molecule has 55 heavy (non-hydrogen) atoms. The molecule has 2 heterocycles. The van der Waals surface area contributed by atoms with Crippen molar-refractivity contribution in [2.45, 2.75) is 6.17 Å². The molecule has 10 aromatic rings. The Bertz CT molecular complexity index is 3170. The fourth-order valence-corrected chi connectivity index (χ4v) is 8.41. The van der Waals surface area contributed by atoms with Gasteiger partial charge in [-0.3, -0.25) is 0 Å². The largest absolute Gasteiger partial charge is 0.344 e. The van der Waals surface area contributed by atoms with Crippen molar-refractivity contribution >= 4 is 65.8 Å². The second-order valence-electron chi connectivity index (χ2n) is 14.2. The smallest absolute Gasteiger partial charge is 0.159 e. The van der Waals surface area contributed by atoms with Gasteiger partial charge in [0, 0.05) is 27.5 Å². The van der Waals surface area contributed by atoms with Gasteiger partial charge in [-0.2, -0.15) is 0 Å². The third kappa shape index (κ3) is 5.22. The highest BCUT2D eigenvalue weighted by Gasteiger charge is 2.26. The first-order valence-corrected chi connectivity index (χ1v) is 18.8. The molecule has 1 aromatic heterocycles. The Morgan fingerprint density at radius 3 is 1.85 bits per heavy atom. The Morgan fingerprint density at radius 1 is 0.436 bits per heavy atom. The van der Waals surface area contributed by atoms with Crippen molar-refractivity contribution < 1.29 is 0 Å². The number of fused-ring (bicyclic) bond motifs is 7. The fraction of sp³-hybridized carbons (Fsp3) is 0.0196. The van der Waals surface area contributed by atoms with Gasteiger partial charge in [-0.25, -0.2) is 9.98 Å². The summed E-state index contributed by atoms with van der Waals surface area (Å²) in [6.07, 6.45) is -0.420. The summed E-state index contributed by atoms with van der Waals surface area (Å²) < 4.78 is 2.43. The first-order valence-electron chi connectivity index (χ1n) is 18.8. The zero-order valence-electron chi connectivity index (χ0n) is 29.9. The van der Waals surface area contributed by atoms with Gasteiger partial charge in [0.15, 0.2) is 5.84 Å². The minimum absolute atomic E-state index is 0.420. The van der Waals surface area contributed by atoms with Crippen LogP contribution in [0.25, 0.3) is 70.9 Å². The molecule has 0 aliphatic carbocycles. The van der Waals surface area contributed by atoms with Crippen LogP contribution >= 0.6 is 0 Å². The van der Waals surface area contributed by atoms with Crippen LogP contribution in [-0.2, 0) is 0 Å². The number of benzene rings is 9. The lowest BCUT2D eigenvalue weighted by atomic mass is 9.97. The molecule has 258 valence electrons. The molecule has 0 amide bonds. The monoisotopic (exact) mass is 702 g/mol.